The summed E-state index contributed by atoms with van der Waals surface area (Å²) in [7, 11) is 3.74. The molecular formula is C15H25ClN2O. The summed E-state index contributed by atoms with van der Waals surface area (Å²) in [4.78, 5) is 13.8. The van der Waals surface area contributed by atoms with Crippen LogP contribution < -0.4 is 5.32 Å². The molecule has 0 fully saturated rings. The van der Waals surface area contributed by atoms with E-state index in [9.17, 15) is 4.79 Å². The van der Waals surface area contributed by atoms with E-state index >= 15 is 0 Å². The molecule has 0 saturated heterocycles. The molecule has 1 aromatic rings. The number of aryl methyl sites for hydroxylation is 2. The van der Waals surface area contributed by atoms with Crippen molar-refractivity contribution >= 4 is 18.3 Å². The van der Waals surface area contributed by atoms with Gasteiger partial charge < -0.3 is 10.2 Å². The van der Waals surface area contributed by atoms with Crippen LogP contribution in [0.15, 0.2) is 18.2 Å². The normalized spacial score (nSPS) is 11.6. The van der Waals surface area contributed by atoms with Crippen molar-refractivity contribution in [1.29, 1.82) is 0 Å². The fourth-order valence-electron chi connectivity index (χ4n) is 2.04. The van der Waals surface area contributed by atoms with Crippen LogP contribution in [0, 0.1) is 13.8 Å². The summed E-state index contributed by atoms with van der Waals surface area (Å²) in [5.41, 5.74) is 3.70. The average molecular weight is 285 g/mol. The standard InChI is InChI=1S/C15H24N2O.ClH/c1-11-6-7-12(2)14(10-11)13(3)17(5)15(18)8-9-16-4;/h6-7,10,13,16H,8-9H2,1-5H3;1H. The lowest BCUT2D eigenvalue weighted by Crippen LogP contribution is -2.31. The molecule has 0 aromatic heterocycles. The fraction of sp³-hybridized carbons (Fsp3) is 0.533. The van der Waals surface area contributed by atoms with Gasteiger partial charge in [0.2, 0.25) is 5.91 Å². The third-order valence-electron chi connectivity index (χ3n) is 3.45. The number of nitrogens with one attached hydrogen (secondary N) is 1. The molecule has 0 heterocycles. The number of nitrogens with zero attached hydrogens (tertiary/aromatic N) is 1. The van der Waals surface area contributed by atoms with Gasteiger partial charge in [0.1, 0.15) is 0 Å². The highest BCUT2D eigenvalue weighted by Gasteiger charge is 2.18. The molecule has 19 heavy (non-hydrogen) atoms. The van der Waals surface area contributed by atoms with E-state index in [0.29, 0.717) is 6.42 Å². The Labute approximate surface area is 122 Å². The molecular weight excluding hydrogens is 260 g/mol. The number of amides is 1. The Morgan fingerprint density at radius 1 is 1.37 bits per heavy atom. The Morgan fingerprint density at radius 3 is 2.58 bits per heavy atom. The molecule has 1 atom stereocenters. The zero-order chi connectivity index (χ0) is 13.7. The summed E-state index contributed by atoms with van der Waals surface area (Å²) >= 11 is 0. The summed E-state index contributed by atoms with van der Waals surface area (Å²) in [5.74, 6) is 0.178. The largest absolute Gasteiger partial charge is 0.339 e. The topological polar surface area (TPSA) is 32.3 Å². The van der Waals surface area contributed by atoms with E-state index in [0.717, 1.165) is 6.54 Å². The van der Waals surface area contributed by atoms with Gasteiger partial charge in [-0.25, -0.2) is 0 Å². The van der Waals surface area contributed by atoms with Crippen LogP contribution >= 0.6 is 12.4 Å². The molecule has 0 aliphatic heterocycles. The highest BCUT2D eigenvalue weighted by molar-refractivity contribution is 5.85. The number of hydrogen-bond donors (Lipinski definition) is 1. The fourth-order valence-corrected chi connectivity index (χ4v) is 2.04. The Kier molecular flexibility index (Phi) is 7.72. The first kappa shape index (κ1) is 17.9. The van der Waals surface area contributed by atoms with E-state index in [1.54, 1.807) is 0 Å². The summed E-state index contributed by atoms with van der Waals surface area (Å²) in [6.07, 6.45) is 0.544. The monoisotopic (exact) mass is 284 g/mol. The molecule has 1 N–H and O–H groups in total. The maximum absolute atomic E-state index is 12.0. The lowest BCUT2D eigenvalue weighted by molar-refractivity contribution is -0.131. The van der Waals surface area contributed by atoms with Crippen molar-refractivity contribution in [3.63, 3.8) is 0 Å². The summed E-state index contributed by atoms with van der Waals surface area (Å²) in [6, 6.07) is 6.51. The average Bonchev–Trinajstić information content (AvgIpc) is 2.37. The first-order valence-corrected chi connectivity index (χ1v) is 6.44. The maximum Gasteiger partial charge on any atom is 0.224 e. The third kappa shape index (κ3) is 4.84. The van der Waals surface area contributed by atoms with Gasteiger partial charge >= 0.3 is 0 Å². The molecule has 0 radical (unpaired) electrons. The minimum Gasteiger partial charge on any atom is -0.339 e. The van der Waals surface area contributed by atoms with E-state index < -0.39 is 0 Å². The molecule has 1 aromatic carbocycles. The van der Waals surface area contributed by atoms with Gasteiger partial charge in [0.15, 0.2) is 0 Å². The van der Waals surface area contributed by atoms with Crippen molar-refractivity contribution in [1.82, 2.24) is 10.2 Å². The molecule has 4 heteroatoms. The van der Waals surface area contributed by atoms with Crippen LogP contribution in [-0.4, -0.2) is 31.4 Å². The maximum atomic E-state index is 12.0. The van der Waals surface area contributed by atoms with Gasteiger partial charge in [0, 0.05) is 20.0 Å². The second-order valence-electron chi connectivity index (χ2n) is 4.89. The van der Waals surface area contributed by atoms with Crippen LogP contribution in [0.2, 0.25) is 0 Å². The molecule has 0 aliphatic rings. The van der Waals surface area contributed by atoms with Crippen LogP contribution in [0.3, 0.4) is 0 Å². The number of halogens is 1. The van der Waals surface area contributed by atoms with Gasteiger partial charge in [-0.2, -0.15) is 0 Å². The SMILES string of the molecule is CNCCC(=O)N(C)C(C)c1cc(C)ccc1C.Cl. The van der Waals surface area contributed by atoms with Crippen molar-refractivity contribution in [2.24, 2.45) is 0 Å². The molecule has 0 aliphatic carbocycles. The van der Waals surface area contributed by atoms with Gasteiger partial charge in [-0.1, -0.05) is 23.8 Å². The second kappa shape index (κ2) is 8.18. The molecule has 1 rings (SSSR count). The van der Waals surface area contributed by atoms with E-state index in [-0.39, 0.29) is 24.4 Å². The molecule has 108 valence electrons. The van der Waals surface area contributed by atoms with Crippen LogP contribution in [0.1, 0.15) is 36.1 Å². The van der Waals surface area contributed by atoms with E-state index in [1.807, 2.05) is 19.0 Å². The van der Waals surface area contributed by atoms with Crippen molar-refractivity contribution in [2.75, 3.05) is 20.6 Å². The molecule has 1 unspecified atom stereocenters. The Balaban J connectivity index is 0.00000324. The van der Waals surface area contributed by atoms with Crippen molar-refractivity contribution in [2.45, 2.75) is 33.2 Å². The van der Waals surface area contributed by atoms with Crippen molar-refractivity contribution in [3.05, 3.63) is 34.9 Å². The molecule has 1 amide bonds. The van der Waals surface area contributed by atoms with Gasteiger partial charge in [-0.15, -0.1) is 12.4 Å². The molecule has 3 nitrogen and oxygen atoms in total. The second-order valence-corrected chi connectivity index (χ2v) is 4.89. The molecule has 0 saturated carbocycles. The van der Waals surface area contributed by atoms with E-state index in [4.69, 9.17) is 0 Å². The van der Waals surface area contributed by atoms with Crippen LogP contribution in [-0.2, 0) is 4.79 Å². The number of carbonyl (C=O) groups excluding carboxylic acids is 1. The predicted molar refractivity (Wildman–Crippen MR) is 82.9 cm³/mol. The smallest absolute Gasteiger partial charge is 0.224 e. The van der Waals surface area contributed by atoms with Gasteiger partial charge in [0.25, 0.3) is 0 Å². The van der Waals surface area contributed by atoms with Crippen LogP contribution in [0.5, 0.6) is 0 Å². The minimum absolute atomic E-state index is 0. The van der Waals surface area contributed by atoms with Crippen molar-refractivity contribution in [3.8, 4) is 0 Å². The highest BCUT2D eigenvalue weighted by atomic mass is 35.5. The number of hydrogen-bond acceptors (Lipinski definition) is 2. The molecule has 0 spiro atoms. The Morgan fingerprint density at radius 2 is 2.00 bits per heavy atom. The first-order chi connectivity index (χ1) is 8.47. The zero-order valence-electron chi connectivity index (χ0n) is 12.5. The lowest BCUT2D eigenvalue weighted by Gasteiger charge is -2.27. The summed E-state index contributed by atoms with van der Waals surface area (Å²) < 4.78 is 0. The zero-order valence-corrected chi connectivity index (χ0v) is 13.3. The van der Waals surface area contributed by atoms with Gasteiger partial charge in [-0.3, -0.25) is 4.79 Å². The highest BCUT2D eigenvalue weighted by Crippen LogP contribution is 2.23. The van der Waals surface area contributed by atoms with Crippen molar-refractivity contribution < 1.29 is 4.79 Å². The van der Waals surface area contributed by atoms with E-state index in [1.165, 1.54) is 16.7 Å². The predicted octanol–water partition coefficient (Wildman–Crippen LogP) is 2.85. The Hall–Kier alpha value is -1.06. The first-order valence-electron chi connectivity index (χ1n) is 6.44. The van der Waals surface area contributed by atoms with Gasteiger partial charge in [-0.05, 0) is 38.9 Å². The lowest BCUT2D eigenvalue weighted by atomic mass is 9.99. The quantitative estimate of drug-likeness (QED) is 0.902. The minimum atomic E-state index is 0. The number of rotatable bonds is 5. The summed E-state index contributed by atoms with van der Waals surface area (Å²) in [5, 5.41) is 3.01. The number of carbonyl (C=O) groups is 1. The Bertz CT molecular complexity index is 421. The van der Waals surface area contributed by atoms with Crippen LogP contribution in [0.25, 0.3) is 0 Å². The molecule has 0 bridgehead atoms. The van der Waals surface area contributed by atoms with E-state index in [2.05, 4.69) is 44.3 Å². The summed E-state index contributed by atoms with van der Waals surface area (Å²) in [6.45, 7) is 6.98. The number of benzene rings is 1. The van der Waals surface area contributed by atoms with Crippen LogP contribution in [0.4, 0.5) is 0 Å². The third-order valence-corrected chi connectivity index (χ3v) is 3.45. The van der Waals surface area contributed by atoms with Gasteiger partial charge in [0.05, 0.1) is 6.04 Å².